The molecule has 0 saturated heterocycles. The lowest BCUT2D eigenvalue weighted by Gasteiger charge is -2.06. The lowest BCUT2D eigenvalue weighted by molar-refractivity contribution is 0.575. The quantitative estimate of drug-likeness (QED) is 0.266. The van der Waals surface area contributed by atoms with Gasteiger partial charge >= 0.3 is 0 Å². The summed E-state index contributed by atoms with van der Waals surface area (Å²) in [4.78, 5) is 0. The van der Waals surface area contributed by atoms with Gasteiger partial charge in [-0.05, 0) is 54.4 Å². The molecule has 0 aliphatic carbocycles. The molecule has 0 atom stereocenters. The van der Waals surface area contributed by atoms with Gasteiger partial charge < -0.3 is 0 Å². The van der Waals surface area contributed by atoms with E-state index >= 15 is 0 Å². The largest absolute Gasteiger partial charge is 0.0840 e. The molecule has 0 radical (unpaired) electrons. The average molecular weight is 391 g/mol. The highest BCUT2D eigenvalue weighted by atomic mass is 14.0. The normalized spacial score (nSPS) is 11.4. The lowest BCUT2D eigenvalue weighted by atomic mass is 10.00. The summed E-state index contributed by atoms with van der Waals surface area (Å²) in [5.74, 6) is 0. The predicted molar refractivity (Wildman–Crippen MR) is 131 cm³/mol. The fraction of sp³-hybridized carbons (Fsp3) is 0.517. The summed E-state index contributed by atoms with van der Waals surface area (Å²) >= 11 is 0. The summed E-state index contributed by atoms with van der Waals surface area (Å²) in [6, 6.07) is 18.4. The molecule has 29 heavy (non-hydrogen) atoms. The van der Waals surface area contributed by atoms with Crippen molar-refractivity contribution < 1.29 is 0 Å². The van der Waals surface area contributed by atoms with Crippen LogP contribution in [0.5, 0.6) is 0 Å². The maximum atomic E-state index is 2.35. The molecule has 2 rings (SSSR count). The van der Waals surface area contributed by atoms with Crippen molar-refractivity contribution in [1.82, 2.24) is 0 Å². The second-order valence-corrected chi connectivity index (χ2v) is 8.47. The first kappa shape index (κ1) is 23.5. The van der Waals surface area contributed by atoms with Crippen LogP contribution in [-0.2, 0) is 19.3 Å². The molecule has 0 bridgehead atoms. The van der Waals surface area contributed by atoms with Gasteiger partial charge in [-0.3, -0.25) is 0 Å². The molecule has 2 aromatic rings. The number of allylic oxidation sites excluding steroid dienone is 1. The zero-order valence-electron chi connectivity index (χ0n) is 19.0. The summed E-state index contributed by atoms with van der Waals surface area (Å²) in [5.41, 5.74) is 5.70. The monoisotopic (exact) mass is 390 g/mol. The van der Waals surface area contributed by atoms with Gasteiger partial charge in [-0.2, -0.15) is 0 Å². The topological polar surface area (TPSA) is 0 Å². The highest BCUT2D eigenvalue weighted by Gasteiger charge is 1.99. The van der Waals surface area contributed by atoms with E-state index in [1.165, 1.54) is 86.5 Å². The zero-order chi connectivity index (χ0) is 20.6. The lowest BCUT2D eigenvalue weighted by Crippen LogP contribution is -1.93. The number of benzene rings is 2. The first-order valence-corrected chi connectivity index (χ1v) is 12.1. The highest BCUT2D eigenvalue weighted by molar-refractivity contribution is 5.49. The second-order valence-electron chi connectivity index (χ2n) is 8.47. The standard InChI is InChI=1S/C29H42/c1-3-5-7-8-9-10-11-13-15-27-18-22-29(23-19-27)25-24-28-20-16-26(17-21-28)14-12-6-4-2/h12,14,16-23H,3-11,13,15,24-25H2,1-2H3. The Morgan fingerprint density at radius 2 is 1.00 bits per heavy atom. The molecule has 0 heterocycles. The Bertz CT molecular complexity index is 660. The van der Waals surface area contributed by atoms with E-state index in [2.05, 4.69) is 74.5 Å². The summed E-state index contributed by atoms with van der Waals surface area (Å²) in [7, 11) is 0. The van der Waals surface area contributed by atoms with E-state index in [9.17, 15) is 0 Å². The number of unbranched alkanes of at least 4 members (excludes halogenated alkanes) is 8. The Morgan fingerprint density at radius 1 is 0.517 bits per heavy atom. The molecule has 0 nitrogen and oxygen atoms in total. The summed E-state index contributed by atoms with van der Waals surface area (Å²) in [6.07, 6.45) is 21.5. The van der Waals surface area contributed by atoms with Crippen LogP contribution in [0.3, 0.4) is 0 Å². The van der Waals surface area contributed by atoms with Crippen molar-refractivity contribution in [3.8, 4) is 0 Å². The van der Waals surface area contributed by atoms with Crippen LogP contribution in [0.4, 0.5) is 0 Å². The van der Waals surface area contributed by atoms with Crippen molar-refractivity contribution >= 4 is 6.08 Å². The van der Waals surface area contributed by atoms with Crippen molar-refractivity contribution in [2.45, 2.75) is 97.3 Å². The molecule has 0 amide bonds. The van der Waals surface area contributed by atoms with Crippen molar-refractivity contribution in [2.24, 2.45) is 0 Å². The number of aryl methyl sites for hydroxylation is 3. The van der Waals surface area contributed by atoms with Gasteiger partial charge in [-0.1, -0.05) is 126 Å². The van der Waals surface area contributed by atoms with Gasteiger partial charge in [0.15, 0.2) is 0 Å². The fourth-order valence-corrected chi connectivity index (χ4v) is 3.81. The average Bonchev–Trinajstić information content (AvgIpc) is 2.76. The Labute approximate surface area is 180 Å². The van der Waals surface area contributed by atoms with Gasteiger partial charge in [0.05, 0.1) is 0 Å². The third-order valence-corrected chi connectivity index (χ3v) is 5.79. The van der Waals surface area contributed by atoms with Crippen LogP contribution in [0.2, 0.25) is 0 Å². The molecular weight excluding hydrogens is 348 g/mol. The molecule has 0 unspecified atom stereocenters. The summed E-state index contributed by atoms with van der Waals surface area (Å²) in [6.45, 7) is 4.51. The number of hydrogen-bond acceptors (Lipinski definition) is 0. The first-order chi connectivity index (χ1) is 14.3. The van der Waals surface area contributed by atoms with E-state index in [-0.39, 0.29) is 0 Å². The third kappa shape index (κ3) is 10.5. The number of hydrogen-bond donors (Lipinski definition) is 0. The number of rotatable bonds is 15. The highest BCUT2D eigenvalue weighted by Crippen LogP contribution is 2.14. The van der Waals surface area contributed by atoms with Gasteiger partial charge in [0.25, 0.3) is 0 Å². The smallest absolute Gasteiger partial charge is 0.0238 e. The van der Waals surface area contributed by atoms with Gasteiger partial charge in [0, 0.05) is 0 Å². The molecule has 0 spiro atoms. The third-order valence-electron chi connectivity index (χ3n) is 5.79. The van der Waals surface area contributed by atoms with Crippen molar-refractivity contribution in [3.63, 3.8) is 0 Å². The minimum Gasteiger partial charge on any atom is -0.0840 e. The van der Waals surface area contributed by atoms with Crippen LogP contribution in [0.15, 0.2) is 54.6 Å². The molecule has 0 heteroatoms. The van der Waals surface area contributed by atoms with Crippen LogP contribution in [0.1, 0.15) is 100 Å². The minimum atomic E-state index is 1.12. The Hall–Kier alpha value is -1.82. The van der Waals surface area contributed by atoms with Crippen LogP contribution in [0, 0.1) is 0 Å². The van der Waals surface area contributed by atoms with Crippen LogP contribution in [0.25, 0.3) is 6.08 Å². The Morgan fingerprint density at radius 3 is 1.55 bits per heavy atom. The molecule has 0 aliphatic heterocycles. The van der Waals surface area contributed by atoms with Gasteiger partial charge in [-0.15, -0.1) is 0 Å². The Balaban J connectivity index is 1.63. The molecular formula is C29H42. The van der Waals surface area contributed by atoms with Crippen LogP contribution < -0.4 is 0 Å². The van der Waals surface area contributed by atoms with E-state index in [0.29, 0.717) is 0 Å². The van der Waals surface area contributed by atoms with E-state index in [1.807, 2.05) is 0 Å². The van der Waals surface area contributed by atoms with Crippen LogP contribution >= 0.6 is 0 Å². The molecule has 0 N–H and O–H groups in total. The second kappa shape index (κ2) is 15.1. The van der Waals surface area contributed by atoms with Gasteiger partial charge in [-0.25, -0.2) is 0 Å². The molecule has 0 aromatic heterocycles. The van der Waals surface area contributed by atoms with Gasteiger partial charge in [0.1, 0.15) is 0 Å². The Kier molecular flexibility index (Phi) is 12.2. The molecule has 0 saturated carbocycles. The van der Waals surface area contributed by atoms with E-state index in [0.717, 1.165) is 19.3 Å². The minimum absolute atomic E-state index is 1.12. The summed E-state index contributed by atoms with van der Waals surface area (Å²) < 4.78 is 0. The van der Waals surface area contributed by atoms with Crippen LogP contribution in [-0.4, -0.2) is 0 Å². The molecule has 158 valence electrons. The van der Waals surface area contributed by atoms with E-state index < -0.39 is 0 Å². The zero-order valence-corrected chi connectivity index (χ0v) is 19.0. The maximum absolute atomic E-state index is 2.35. The van der Waals surface area contributed by atoms with Crippen molar-refractivity contribution in [2.75, 3.05) is 0 Å². The van der Waals surface area contributed by atoms with E-state index in [4.69, 9.17) is 0 Å². The van der Waals surface area contributed by atoms with Crippen molar-refractivity contribution in [1.29, 1.82) is 0 Å². The first-order valence-electron chi connectivity index (χ1n) is 12.1. The summed E-state index contributed by atoms with van der Waals surface area (Å²) in [5, 5.41) is 0. The fourth-order valence-electron chi connectivity index (χ4n) is 3.81. The SMILES string of the molecule is CCCC=Cc1ccc(CCc2ccc(CCCCCCCCCC)cc2)cc1. The molecule has 0 fully saturated rings. The molecule has 0 aliphatic rings. The van der Waals surface area contributed by atoms with Crippen molar-refractivity contribution in [3.05, 3.63) is 76.9 Å². The maximum Gasteiger partial charge on any atom is -0.0238 e. The molecule has 2 aromatic carbocycles. The van der Waals surface area contributed by atoms with E-state index in [1.54, 1.807) is 0 Å². The van der Waals surface area contributed by atoms with Gasteiger partial charge in [0.2, 0.25) is 0 Å². The predicted octanol–water partition coefficient (Wildman–Crippen LogP) is 8.97.